The highest BCUT2D eigenvalue weighted by atomic mass is 35.5. The largest absolute Gasteiger partial charge is 0.467 e. The number of carbonyl (C=O) groups excluding carboxylic acids is 1. The van der Waals surface area contributed by atoms with Crippen molar-refractivity contribution in [2.45, 2.75) is 6.54 Å². The Morgan fingerprint density at radius 3 is 2.77 bits per heavy atom. The molecule has 2 aromatic heterocycles. The van der Waals surface area contributed by atoms with Crippen molar-refractivity contribution in [3.05, 3.63) is 75.9 Å². The molecule has 0 aliphatic heterocycles. The number of amides is 1. The Morgan fingerprint density at radius 2 is 2.04 bits per heavy atom. The molecule has 0 saturated carbocycles. The maximum atomic E-state index is 12.1. The summed E-state index contributed by atoms with van der Waals surface area (Å²) in [6, 6.07) is 13.8. The Hall–Kier alpha value is -2.94. The number of nitrogens with zero attached hydrogens (tertiary/aromatic N) is 1. The van der Waals surface area contributed by atoms with E-state index in [0.29, 0.717) is 32.9 Å². The number of nitriles is 1. The summed E-state index contributed by atoms with van der Waals surface area (Å²) in [7, 11) is 0. The number of benzene rings is 1. The molecule has 130 valence electrons. The summed E-state index contributed by atoms with van der Waals surface area (Å²) in [5.74, 6) is 0.895. The first-order valence-corrected chi connectivity index (χ1v) is 8.30. The highest BCUT2D eigenvalue weighted by Gasteiger charge is 2.13. The van der Waals surface area contributed by atoms with E-state index in [1.54, 1.807) is 42.5 Å². The van der Waals surface area contributed by atoms with Crippen molar-refractivity contribution < 1.29 is 13.6 Å². The van der Waals surface area contributed by atoms with E-state index in [0.717, 1.165) is 0 Å². The van der Waals surface area contributed by atoms with Crippen LogP contribution in [0.3, 0.4) is 0 Å². The van der Waals surface area contributed by atoms with Crippen LogP contribution in [0.4, 0.5) is 0 Å². The van der Waals surface area contributed by atoms with Gasteiger partial charge in [-0.1, -0.05) is 29.3 Å². The van der Waals surface area contributed by atoms with E-state index in [1.807, 2.05) is 6.07 Å². The number of nitrogens with one attached hydrogen (secondary N) is 1. The lowest BCUT2D eigenvalue weighted by molar-refractivity contribution is -0.117. The smallest absolute Gasteiger partial charge is 0.262 e. The van der Waals surface area contributed by atoms with Crippen molar-refractivity contribution in [3.8, 4) is 17.4 Å². The Kier molecular flexibility index (Phi) is 5.47. The molecule has 0 aliphatic rings. The molecule has 3 aromatic rings. The van der Waals surface area contributed by atoms with Gasteiger partial charge in [0.25, 0.3) is 5.91 Å². The van der Waals surface area contributed by atoms with E-state index >= 15 is 0 Å². The number of hydrogen-bond acceptors (Lipinski definition) is 4. The van der Waals surface area contributed by atoms with Crippen LogP contribution in [0.2, 0.25) is 10.0 Å². The second-order valence-corrected chi connectivity index (χ2v) is 6.02. The van der Waals surface area contributed by atoms with Crippen molar-refractivity contribution in [2.75, 3.05) is 0 Å². The fraction of sp³-hybridized carbons (Fsp3) is 0.0526. The van der Waals surface area contributed by atoms with Gasteiger partial charge in [0.2, 0.25) is 0 Å². The predicted molar refractivity (Wildman–Crippen MR) is 98.3 cm³/mol. The zero-order chi connectivity index (χ0) is 18.5. The molecule has 2 heterocycles. The minimum atomic E-state index is -0.525. The fourth-order valence-corrected chi connectivity index (χ4v) is 2.63. The summed E-state index contributed by atoms with van der Waals surface area (Å²) in [6.45, 7) is 0.187. The fourth-order valence-electron chi connectivity index (χ4n) is 2.24. The van der Waals surface area contributed by atoms with Crippen LogP contribution in [0.1, 0.15) is 11.5 Å². The highest BCUT2D eigenvalue weighted by molar-refractivity contribution is 6.43. The van der Waals surface area contributed by atoms with Gasteiger partial charge < -0.3 is 14.2 Å². The Labute approximate surface area is 159 Å². The molecule has 1 N–H and O–H groups in total. The number of rotatable bonds is 5. The van der Waals surface area contributed by atoms with Crippen molar-refractivity contribution >= 4 is 35.2 Å². The second kappa shape index (κ2) is 7.96. The quantitative estimate of drug-likeness (QED) is 0.490. The number of hydrogen-bond donors (Lipinski definition) is 1. The minimum Gasteiger partial charge on any atom is -0.467 e. The van der Waals surface area contributed by atoms with Gasteiger partial charge in [0, 0.05) is 11.6 Å². The van der Waals surface area contributed by atoms with E-state index in [-0.39, 0.29) is 12.1 Å². The monoisotopic (exact) mass is 386 g/mol. The molecule has 26 heavy (non-hydrogen) atoms. The molecule has 0 radical (unpaired) electrons. The average molecular weight is 387 g/mol. The number of furan rings is 2. The molecule has 0 spiro atoms. The van der Waals surface area contributed by atoms with Gasteiger partial charge in [-0.2, -0.15) is 5.26 Å². The number of carbonyl (C=O) groups is 1. The normalized spacial score (nSPS) is 11.2. The third-order valence-electron chi connectivity index (χ3n) is 3.50. The summed E-state index contributed by atoms with van der Waals surface area (Å²) in [5.41, 5.74) is 0.536. The van der Waals surface area contributed by atoms with Crippen LogP contribution in [-0.2, 0) is 11.3 Å². The van der Waals surface area contributed by atoms with Gasteiger partial charge in [-0.25, -0.2) is 0 Å². The van der Waals surface area contributed by atoms with E-state index in [1.165, 1.54) is 12.3 Å². The summed E-state index contributed by atoms with van der Waals surface area (Å²) >= 11 is 12.2. The topological polar surface area (TPSA) is 79.2 Å². The van der Waals surface area contributed by atoms with E-state index in [4.69, 9.17) is 32.0 Å². The van der Waals surface area contributed by atoms with Crippen LogP contribution < -0.4 is 5.32 Å². The molecule has 1 aromatic carbocycles. The summed E-state index contributed by atoms with van der Waals surface area (Å²) in [6.07, 6.45) is 2.87. The van der Waals surface area contributed by atoms with Crippen molar-refractivity contribution in [1.82, 2.24) is 5.32 Å². The third kappa shape index (κ3) is 3.99. The molecule has 3 rings (SSSR count). The van der Waals surface area contributed by atoms with Crippen LogP contribution in [0.5, 0.6) is 0 Å². The Morgan fingerprint density at radius 1 is 1.19 bits per heavy atom. The zero-order valence-corrected chi connectivity index (χ0v) is 14.8. The maximum absolute atomic E-state index is 12.1. The van der Waals surface area contributed by atoms with Crippen molar-refractivity contribution in [3.63, 3.8) is 0 Å². The van der Waals surface area contributed by atoms with Gasteiger partial charge in [-0.05, 0) is 36.4 Å². The summed E-state index contributed by atoms with van der Waals surface area (Å²) in [4.78, 5) is 12.1. The molecule has 0 atom stereocenters. The first-order chi connectivity index (χ1) is 12.6. The predicted octanol–water partition coefficient (Wildman–Crippen LogP) is 5.07. The second-order valence-electron chi connectivity index (χ2n) is 5.24. The molecule has 5 nitrogen and oxygen atoms in total. The number of halogens is 2. The van der Waals surface area contributed by atoms with E-state index < -0.39 is 5.91 Å². The Balaban J connectivity index is 1.78. The first kappa shape index (κ1) is 17.9. The SMILES string of the molecule is N#C/C(=C/c1ccc(-c2cccc(Cl)c2Cl)o1)C(=O)NCc1ccco1. The van der Waals surface area contributed by atoms with Gasteiger partial charge in [-0.3, -0.25) is 4.79 Å². The van der Waals surface area contributed by atoms with Crippen LogP contribution in [0.25, 0.3) is 17.4 Å². The molecule has 1 amide bonds. The standard InChI is InChI=1S/C19H12Cl2N2O3/c20-16-5-1-4-15(18(16)21)17-7-6-13(26-17)9-12(10-22)19(24)23-11-14-3-2-8-25-14/h1-9H,11H2,(H,23,24)/b12-9-. The lowest BCUT2D eigenvalue weighted by atomic mass is 10.2. The van der Waals surface area contributed by atoms with Crippen LogP contribution >= 0.6 is 23.2 Å². The molecular formula is C19H12Cl2N2O3. The van der Waals surface area contributed by atoms with Gasteiger partial charge in [0.15, 0.2) is 0 Å². The van der Waals surface area contributed by atoms with E-state index in [9.17, 15) is 10.1 Å². The first-order valence-electron chi connectivity index (χ1n) is 7.55. The molecule has 7 heteroatoms. The van der Waals surface area contributed by atoms with Crippen LogP contribution in [0, 0.1) is 11.3 Å². The average Bonchev–Trinajstić information content (AvgIpc) is 3.31. The van der Waals surface area contributed by atoms with Crippen LogP contribution in [0.15, 0.2) is 63.1 Å². The maximum Gasteiger partial charge on any atom is 0.262 e. The van der Waals surface area contributed by atoms with Gasteiger partial charge in [-0.15, -0.1) is 0 Å². The van der Waals surface area contributed by atoms with Crippen LogP contribution in [-0.4, -0.2) is 5.91 Å². The van der Waals surface area contributed by atoms with Gasteiger partial charge in [0.05, 0.1) is 22.9 Å². The minimum absolute atomic E-state index is 0.0883. The highest BCUT2D eigenvalue weighted by Crippen LogP contribution is 2.34. The lowest BCUT2D eigenvalue weighted by Gasteiger charge is -2.02. The van der Waals surface area contributed by atoms with Gasteiger partial charge >= 0.3 is 0 Å². The van der Waals surface area contributed by atoms with Crippen molar-refractivity contribution in [2.24, 2.45) is 0 Å². The summed E-state index contributed by atoms with van der Waals surface area (Å²) in [5, 5.41) is 12.6. The molecule has 0 aliphatic carbocycles. The molecule has 0 unspecified atom stereocenters. The van der Waals surface area contributed by atoms with E-state index in [2.05, 4.69) is 5.32 Å². The molecule has 0 fully saturated rings. The summed E-state index contributed by atoms with van der Waals surface area (Å²) < 4.78 is 10.8. The van der Waals surface area contributed by atoms with Gasteiger partial charge in [0.1, 0.15) is 28.9 Å². The third-order valence-corrected chi connectivity index (χ3v) is 4.32. The zero-order valence-electron chi connectivity index (χ0n) is 13.3. The molecular weight excluding hydrogens is 375 g/mol. The molecule has 0 bridgehead atoms. The Bertz CT molecular complexity index is 998. The molecule has 0 saturated heterocycles. The van der Waals surface area contributed by atoms with Crippen molar-refractivity contribution in [1.29, 1.82) is 5.26 Å². The lowest BCUT2D eigenvalue weighted by Crippen LogP contribution is -2.23.